The number of thiazole rings is 1. The van der Waals surface area contributed by atoms with Crippen LogP contribution in [-0.2, 0) is 9.53 Å². The molecule has 5 rings (SSSR count). The second kappa shape index (κ2) is 9.54. The van der Waals surface area contributed by atoms with Gasteiger partial charge in [0.25, 0.3) is 5.56 Å². The molecule has 0 bridgehead atoms. The molecule has 0 saturated heterocycles. The SMILES string of the molecule is CCOC(=O)C1=C(C)N=c2s/c(=C\c3ccc(F)cc3)c(=O)n2[C@H]1c1c(OC)ccc2ccccc12. The maximum Gasteiger partial charge on any atom is 0.338 e. The van der Waals surface area contributed by atoms with Gasteiger partial charge in [0.05, 0.1) is 29.5 Å². The summed E-state index contributed by atoms with van der Waals surface area (Å²) in [5.41, 5.74) is 1.82. The molecule has 182 valence electrons. The van der Waals surface area contributed by atoms with E-state index in [9.17, 15) is 14.0 Å². The molecule has 6 nitrogen and oxygen atoms in total. The van der Waals surface area contributed by atoms with Crippen LogP contribution in [0.15, 0.2) is 81.7 Å². The van der Waals surface area contributed by atoms with Crippen LogP contribution in [0.25, 0.3) is 16.8 Å². The van der Waals surface area contributed by atoms with Crippen LogP contribution >= 0.6 is 11.3 Å². The van der Waals surface area contributed by atoms with E-state index < -0.39 is 12.0 Å². The highest BCUT2D eigenvalue weighted by Gasteiger charge is 2.36. The third kappa shape index (κ3) is 4.03. The first kappa shape index (κ1) is 23.7. The van der Waals surface area contributed by atoms with Crippen LogP contribution in [0.5, 0.6) is 5.75 Å². The van der Waals surface area contributed by atoms with Crippen molar-refractivity contribution in [3.05, 3.63) is 109 Å². The number of benzene rings is 3. The summed E-state index contributed by atoms with van der Waals surface area (Å²) in [5, 5.41) is 1.80. The van der Waals surface area contributed by atoms with E-state index in [0.717, 1.165) is 10.8 Å². The molecule has 4 aromatic rings. The molecule has 8 heteroatoms. The maximum atomic E-state index is 13.8. The fraction of sp³-hybridized carbons (Fsp3) is 0.179. The first-order chi connectivity index (χ1) is 17.4. The standard InChI is InChI=1S/C28H23FN2O4S/c1-4-35-27(33)23-16(2)30-28-31(26(32)22(36-28)15-17-9-12-19(29)13-10-17)25(23)24-20-8-6-5-7-18(20)11-14-21(24)34-3/h5-15,25H,4H2,1-3H3/b22-15-/t25-/m1/s1. The van der Waals surface area contributed by atoms with Gasteiger partial charge in [-0.05, 0) is 54.5 Å². The Labute approximate surface area is 210 Å². The lowest BCUT2D eigenvalue weighted by Crippen LogP contribution is -2.40. The predicted octanol–water partition coefficient (Wildman–Crippen LogP) is 4.10. The number of halogens is 1. The Kier molecular flexibility index (Phi) is 6.28. The summed E-state index contributed by atoms with van der Waals surface area (Å²) in [4.78, 5) is 32.1. The molecule has 1 aliphatic rings. The van der Waals surface area contributed by atoms with Crippen molar-refractivity contribution in [1.82, 2.24) is 4.57 Å². The summed E-state index contributed by atoms with van der Waals surface area (Å²) in [6, 6.07) is 16.6. The van der Waals surface area contributed by atoms with Crippen molar-refractivity contribution in [3.8, 4) is 5.75 Å². The van der Waals surface area contributed by atoms with Gasteiger partial charge in [0.15, 0.2) is 4.80 Å². The Bertz CT molecular complexity index is 1700. The quantitative estimate of drug-likeness (QED) is 0.386. The molecule has 3 aromatic carbocycles. The zero-order valence-corrected chi connectivity index (χ0v) is 20.8. The van der Waals surface area contributed by atoms with Crippen molar-refractivity contribution in [2.24, 2.45) is 4.99 Å². The highest BCUT2D eigenvalue weighted by molar-refractivity contribution is 7.07. The predicted molar refractivity (Wildman–Crippen MR) is 137 cm³/mol. The lowest BCUT2D eigenvalue weighted by atomic mass is 9.90. The normalized spacial score (nSPS) is 15.6. The molecule has 0 spiro atoms. The van der Waals surface area contributed by atoms with Crippen LogP contribution in [-0.4, -0.2) is 24.3 Å². The molecule has 0 N–H and O–H groups in total. The molecule has 0 aliphatic carbocycles. The number of esters is 1. The second-order valence-corrected chi connectivity index (χ2v) is 9.27. The van der Waals surface area contributed by atoms with E-state index in [2.05, 4.69) is 4.99 Å². The zero-order chi connectivity index (χ0) is 25.4. The average Bonchev–Trinajstić information content (AvgIpc) is 3.18. The van der Waals surface area contributed by atoms with E-state index in [1.54, 1.807) is 39.2 Å². The summed E-state index contributed by atoms with van der Waals surface area (Å²) in [6.45, 7) is 3.66. The van der Waals surface area contributed by atoms with Gasteiger partial charge in [-0.3, -0.25) is 9.36 Å². The van der Waals surface area contributed by atoms with Gasteiger partial charge >= 0.3 is 5.97 Å². The van der Waals surface area contributed by atoms with Crippen LogP contribution < -0.4 is 19.6 Å². The molecule has 2 heterocycles. The van der Waals surface area contributed by atoms with Gasteiger partial charge in [0.2, 0.25) is 0 Å². The number of carbonyl (C=O) groups is 1. The van der Waals surface area contributed by atoms with Gasteiger partial charge in [0, 0.05) is 5.56 Å². The third-order valence-corrected chi connectivity index (χ3v) is 7.09. The molecule has 0 unspecified atom stereocenters. The Balaban J connectivity index is 1.84. The summed E-state index contributed by atoms with van der Waals surface area (Å²) < 4.78 is 26.5. The Morgan fingerprint density at radius 2 is 1.89 bits per heavy atom. The van der Waals surface area contributed by atoms with Crippen molar-refractivity contribution in [2.75, 3.05) is 13.7 Å². The molecule has 1 atom stereocenters. The minimum atomic E-state index is -0.809. The average molecular weight is 503 g/mol. The first-order valence-corrected chi connectivity index (χ1v) is 12.3. The van der Waals surface area contributed by atoms with E-state index >= 15 is 0 Å². The molecule has 1 aliphatic heterocycles. The van der Waals surface area contributed by atoms with Crippen molar-refractivity contribution >= 4 is 34.2 Å². The third-order valence-electron chi connectivity index (χ3n) is 6.11. The maximum absolute atomic E-state index is 13.8. The molecule has 1 aromatic heterocycles. The van der Waals surface area contributed by atoms with Crippen LogP contribution in [0.3, 0.4) is 0 Å². The van der Waals surface area contributed by atoms with Crippen molar-refractivity contribution < 1.29 is 18.7 Å². The van der Waals surface area contributed by atoms with Crippen LogP contribution in [0.4, 0.5) is 4.39 Å². The van der Waals surface area contributed by atoms with E-state index in [1.807, 2.05) is 36.4 Å². The molecule has 0 saturated carbocycles. The zero-order valence-electron chi connectivity index (χ0n) is 19.9. The van der Waals surface area contributed by atoms with Crippen LogP contribution in [0.1, 0.15) is 31.0 Å². The van der Waals surface area contributed by atoms with Crippen molar-refractivity contribution in [2.45, 2.75) is 19.9 Å². The summed E-state index contributed by atoms with van der Waals surface area (Å²) in [6.07, 6.45) is 1.70. The fourth-order valence-electron chi connectivity index (χ4n) is 4.51. The fourth-order valence-corrected chi connectivity index (χ4v) is 5.56. The number of fused-ring (bicyclic) bond motifs is 2. The lowest BCUT2D eigenvalue weighted by molar-refractivity contribution is -0.139. The topological polar surface area (TPSA) is 69.9 Å². The highest BCUT2D eigenvalue weighted by atomic mass is 32.1. The number of carbonyl (C=O) groups excluding carboxylic acids is 1. The van der Waals surface area contributed by atoms with Gasteiger partial charge in [-0.2, -0.15) is 0 Å². The van der Waals surface area contributed by atoms with E-state index in [0.29, 0.717) is 31.9 Å². The minimum Gasteiger partial charge on any atom is -0.496 e. The number of allylic oxidation sites excluding steroid dienone is 1. The minimum absolute atomic E-state index is 0.185. The van der Waals surface area contributed by atoms with Gasteiger partial charge in [-0.1, -0.05) is 53.8 Å². The lowest BCUT2D eigenvalue weighted by Gasteiger charge is -2.27. The summed E-state index contributed by atoms with van der Waals surface area (Å²) in [7, 11) is 1.56. The second-order valence-electron chi connectivity index (χ2n) is 8.26. The number of rotatable bonds is 5. The van der Waals surface area contributed by atoms with Gasteiger partial charge in [-0.25, -0.2) is 14.2 Å². The summed E-state index contributed by atoms with van der Waals surface area (Å²) in [5.74, 6) is -0.346. The van der Waals surface area contributed by atoms with E-state index in [1.165, 1.54) is 28.0 Å². The molecule has 0 amide bonds. The Morgan fingerprint density at radius 3 is 2.61 bits per heavy atom. The molecule has 0 radical (unpaired) electrons. The highest BCUT2D eigenvalue weighted by Crippen LogP contribution is 2.40. The number of nitrogens with zero attached hydrogens (tertiary/aromatic N) is 2. The largest absolute Gasteiger partial charge is 0.496 e. The number of ether oxygens (including phenoxy) is 2. The van der Waals surface area contributed by atoms with Gasteiger partial charge in [0.1, 0.15) is 17.6 Å². The monoisotopic (exact) mass is 502 g/mol. The van der Waals surface area contributed by atoms with Crippen molar-refractivity contribution in [3.63, 3.8) is 0 Å². The Morgan fingerprint density at radius 1 is 1.14 bits per heavy atom. The number of methoxy groups -OCH3 is 1. The van der Waals surface area contributed by atoms with Crippen LogP contribution in [0, 0.1) is 5.82 Å². The first-order valence-electron chi connectivity index (χ1n) is 11.4. The molecular formula is C28H23FN2O4S. The van der Waals surface area contributed by atoms with Crippen molar-refractivity contribution in [1.29, 1.82) is 0 Å². The van der Waals surface area contributed by atoms with Gasteiger partial charge < -0.3 is 9.47 Å². The van der Waals surface area contributed by atoms with E-state index in [4.69, 9.17) is 9.47 Å². The van der Waals surface area contributed by atoms with Crippen LogP contribution in [0.2, 0.25) is 0 Å². The summed E-state index contributed by atoms with van der Waals surface area (Å²) >= 11 is 1.22. The smallest absolute Gasteiger partial charge is 0.338 e. The number of aromatic nitrogens is 1. The molecular weight excluding hydrogens is 479 g/mol. The molecule has 0 fully saturated rings. The number of hydrogen-bond acceptors (Lipinski definition) is 6. The Hall–Kier alpha value is -4.04. The van der Waals surface area contributed by atoms with Gasteiger partial charge in [-0.15, -0.1) is 0 Å². The molecule has 36 heavy (non-hydrogen) atoms. The van der Waals surface area contributed by atoms with E-state index in [-0.39, 0.29) is 23.6 Å². The number of hydrogen-bond donors (Lipinski definition) is 0.